The summed E-state index contributed by atoms with van der Waals surface area (Å²) in [4.78, 5) is 0. The first-order valence-electron chi connectivity index (χ1n) is 6.84. The van der Waals surface area contributed by atoms with Crippen LogP contribution in [0, 0.1) is 5.41 Å². The van der Waals surface area contributed by atoms with Crippen LogP contribution in [0.3, 0.4) is 0 Å². The average molecular weight is 308 g/mol. The zero-order valence-corrected chi connectivity index (χ0v) is 12.4. The van der Waals surface area contributed by atoms with Crippen LogP contribution in [-0.2, 0) is 14.2 Å². The molecule has 0 aliphatic rings. The number of rotatable bonds is 14. The van der Waals surface area contributed by atoms with Crippen LogP contribution < -0.4 is 17.2 Å². The highest BCUT2D eigenvalue weighted by Crippen LogP contribution is 2.19. The summed E-state index contributed by atoms with van der Waals surface area (Å²) in [6, 6.07) is 0. The summed E-state index contributed by atoms with van der Waals surface area (Å²) in [5, 5.41) is 20.9. The molecule has 0 heterocycles. The van der Waals surface area contributed by atoms with Crippen LogP contribution in [-0.4, -0.2) is 75.5 Å². The number of aliphatic hydroxyl groups excluding tert-OH is 1. The topological polar surface area (TPSA) is 159 Å². The molecule has 0 spiro atoms. The molecule has 0 saturated carbocycles. The summed E-state index contributed by atoms with van der Waals surface area (Å²) in [6.45, 7) is 2.43. The summed E-state index contributed by atoms with van der Waals surface area (Å²) < 4.78 is 16.3. The van der Waals surface area contributed by atoms with Crippen LogP contribution in [0.25, 0.3) is 0 Å². The van der Waals surface area contributed by atoms with E-state index < -0.39 is 5.41 Å². The van der Waals surface area contributed by atoms with E-state index in [0.717, 1.165) is 0 Å². The van der Waals surface area contributed by atoms with E-state index >= 15 is 0 Å². The Bertz CT molecular complexity index is 268. The minimum absolute atomic E-state index is 0.0864. The summed E-state index contributed by atoms with van der Waals surface area (Å²) in [5.41, 5.74) is 15.4. The van der Waals surface area contributed by atoms with E-state index in [1.165, 1.54) is 0 Å². The molecule has 8 N–H and O–H groups in total. The first kappa shape index (κ1) is 20.0. The number of amidine groups is 1. The van der Waals surface area contributed by atoms with Gasteiger partial charge in [-0.05, 0) is 0 Å². The Kier molecular flexibility index (Phi) is 12.2. The minimum Gasteiger partial charge on any atom is -0.409 e. The molecule has 9 heteroatoms. The number of aliphatic hydroxyl groups is 1. The van der Waals surface area contributed by atoms with Gasteiger partial charge >= 0.3 is 0 Å². The second-order valence-corrected chi connectivity index (χ2v) is 4.73. The third kappa shape index (κ3) is 9.56. The molecule has 0 amide bonds. The predicted molar refractivity (Wildman–Crippen MR) is 78.1 cm³/mol. The lowest BCUT2D eigenvalue weighted by Crippen LogP contribution is -2.41. The van der Waals surface area contributed by atoms with Crippen molar-refractivity contribution in [2.24, 2.45) is 27.8 Å². The zero-order valence-electron chi connectivity index (χ0n) is 12.4. The first-order valence-corrected chi connectivity index (χ1v) is 6.84. The van der Waals surface area contributed by atoms with E-state index in [0.29, 0.717) is 32.7 Å². The highest BCUT2D eigenvalue weighted by molar-refractivity contribution is 5.79. The molecule has 0 atom stereocenters. The second-order valence-electron chi connectivity index (χ2n) is 4.73. The van der Waals surface area contributed by atoms with Crippen LogP contribution in [0.5, 0.6) is 0 Å². The molecular formula is C12H28N4O5. The van der Waals surface area contributed by atoms with E-state index in [4.69, 9.17) is 36.6 Å². The normalized spacial score (nSPS) is 12.8. The third-order valence-corrected chi connectivity index (χ3v) is 2.72. The van der Waals surface area contributed by atoms with Crippen LogP contribution in [0.15, 0.2) is 5.16 Å². The van der Waals surface area contributed by atoms with Gasteiger partial charge in [0, 0.05) is 19.5 Å². The van der Waals surface area contributed by atoms with Gasteiger partial charge in [0.05, 0.1) is 51.7 Å². The summed E-state index contributed by atoms with van der Waals surface area (Å²) in [5.74, 6) is 0.0864. The fourth-order valence-electron chi connectivity index (χ4n) is 1.52. The quantitative estimate of drug-likeness (QED) is 0.0815. The molecule has 0 fully saturated rings. The Balaban J connectivity index is 4.31. The number of oxime groups is 1. The Hall–Kier alpha value is -0.970. The van der Waals surface area contributed by atoms with Gasteiger partial charge in [-0.2, -0.15) is 0 Å². The van der Waals surface area contributed by atoms with Crippen molar-refractivity contribution in [3.8, 4) is 0 Å². The summed E-state index contributed by atoms with van der Waals surface area (Å²) in [7, 11) is 0. The molecular weight excluding hydrogens is 280 g/mol. The molecule has 0 aromatic carbocycles. The lowest BCUT2D eigenvalue weighted by atomic mass is 9.92. The van der Waals surface area contributed by atoms with Crippen molar-refractivity contribution in [2.75, 3.05) is 59.3 Å². The molecule has 0 saturated heterocycles. The van der Waals surface area contributed by atoms with Crippen LogP contribution in [0.2, 0.25) is 0 Å². The van der Waals surface area contributed by atoms with Crippen molar-refractivity contribution >= 4 is 5.84 Å². The van der Waals surface area contributed by atoms with Crippen LogP contribution >= 0.6 is 0 Å². The molecule has 0 aliphatic heterocycles. The lowest BCUT2D eigenvalue weighted by molar-refractivity contribution is -0.0901. The first-order chi connectivity index (χ1) is 10.1. The van der Waals surface area contributed by atoms with E-state index in [-0.39, 0.29) is 38.9 Å². The van der Waals surface area contributed by atoms with Gasteiger partial charge in [-0.1, -0.05) is 5.16 Å². The van der Waals surface area contributed by atoms with E-state index in [2.05, 4.69) is 5.16 Å². The Morgan fingerprint density at radius 1 is 0.952 bits per heavy atom. The highest BCUT2D eigenvalue weighted by atomic mass is 16.5. The van der Waals surface area contributed by atoms with Gasteiger partial charge in [-0.25, -0.2) is 0 Å². The maximum atomic E-state index is 9.64. The van der Waals surface area contributed by atoms with Crippen molar-refractivity contribution in [3.63, 3.8) is 0 Å². The van der Waals surface area contributed by atoms with Gasteiger partial charge in [0.15, 0.2) is 0 Å². The number of ether oxygens (including phenoxy) is 3. The maximum Gasteiger partial charge on any atom is 0.141 e. The van der Waals surface area contributed by atoms with E-state index in [1.807, 2.05) is 0 Å². The fraction of sp³-hybridized carbons (Fsp3) is 0.917. The van der Waals surface area contributed by atoms with Crippen LogP contribution in [0.1, 0.15) is 6.42 Å². The monoisotopic (exact) mass is 308 g/mol. The highest BCUT2D eigenvalue weighted by Gasteiger charge is 2.31. The standard InChI is InChI=1S/C12H28N4O5/c13-2-5-20-9-12(7-17,10-21-6-3-14)8-19-4-1-11(15)16-18/h17-18H,1-10,13-14H2,(H2,15,16). The zero-order chi connectivity index (χ0) is 16.0. The molecule has 0 aromatic heterocycles. The van der Waals surface area contributed by atoms with Crippen molar-refractivity contribution in [2.45, 2.75) is 6.42 Å². The van der Waals surface area contributed by atoms with Crippen molar-refractivity contribution < 1.29 is 24.5 Å². The van der Waals surface area contributed by atoms with Crippen molar-refractivity contribution in [3.05, 3.63) is 0 Å². The number of hydrogen-bond donors (Lipinski definition) is 5. The Morgan fingerprint density at radius 3 is 1.81 bits per heavy atom. The third-order valence-electron chi connectivity index (χ3n) is 2.72. The molecule has 126 valence electrons. The van der Waals surface area contributed by atoms with Crippen LogP contribution in [0.4, 0.5) is 0 Å². The van der Waals surface area contributed by atoms with Gasteiger partial charge in [0.2, 0.25) is 0 Å². The molecule has 0 rings (SSSR count). The molecule has 9 nitrogen and oxygen atoms in total. The molecule has 0 unspecified atom stereocenters. The molecule has 21 heavy (non-hydrogen) atoms. The minimum atomic E-state index is -0.685. The predicted octanol–water partition coefficient (Wildman–Crippen LogP) is -1.93. The van der Waals surface area contributed by atoms with E-state index in [1.54, 1.807) is 0 Å². The Labute approximate surface area is 125 Å². The number of nitrogens with two attached hydrogens (primary N) is 3. The summed E-state index contributed by atoms with van der Waals surface area (Å²) >= 11 is 0. The molecule has 0 radical (unpaired) electrons. The van der Waals surface area contributed by atoms with Gasteiger partial charge in [-0.3, -0.25) is 0 Å². The smallest absolute Gasteiger partial charge is 0.141 e. The fourth-order valence-corrected chi connectivity index (χ4v) is 1.52. The van der Waals surface area contributed by atoms with Gasteiger partial charge in [0.25, 0.3) is 0 Å². The number of nitrogens with zero attached hydrogens (tertiary/aromatic N) is 1. The largest absolute Gasteiger partial charge is 0.409 e. The average Bonchev–Trinajstić information content (AvgIpc) is 2.51. The van der Waals surface area contributed by atoms with Gasteiger partial charge in [-0.15, -0.1) is 0 Å². The number of hydrogen-bond acceptors (Lipinski definition) is 8. The Morgan fingerprint density at radius 2 is 1.43 bits per heavy atom. The SMILES string of the molecule is NCCOCC(CO)(COCCN)COCC/C(N)=N\O. The second kappa shape index (κ2) is 12.7. The molecule has 0 bridgehead atoms. The van der Waals surface area contributed by atoms with Gasteiger partial charge in [0.1, 0.15) is 5.84 Å². The lowest BCUT2D eigenvalue weighted by Gasteiger charge is -2.31. The van der Waals surface area contributed by atoms with E-state index in [9.17, 15) is 5.11 Å². The van der Waals surface area contributed by atoms with Crippen molar-refractivity contribution in [1.29, 1.82) is 0 Å². The van der Waals surface area contributed by atoms with Crippen molar-refractivity contribution in [1.82, 2.24) is 0 Å². The molecule has 0 aliphatic carbocycles. The van der Waals surface area contributed by atoms with Gasteiger partial charge < -0.3 is 41.7 Å². The summed E-state index contributed by atoms with van der Waals surface area (Å²) in [6.07, 6.45) is 0.297. The maximum absolute atomic E-state index is 9.64. The molecule has 0 aromatic rings.